The van der Waals surface area contributed by atoms with Crippen LogP contribution in [0.2, 0.25) is 5.02 Å². The van der Waals surface area contributed by atoms with Crippen LogP contribution >= 0.6 is 11.6 Å². The normalized spacial score (nSPS) is 22.6. The van der Waals surface area contributed by atoms with E-state index in [1.807, 2.05) is 18.2 Å². The minimum absolute atomic E-state index is 0.103. The zero-order valence-electron chi connectivity index (χ0n) is 20.5. The summed E-state index contributed by atoms with van der Waals surface area (Å²) in [6.45, 7) is 1.95. The fourth-order valence-electron chi connectivity index (χ4n) is 5.55. The maximum atomic E-state index is 13.4. The highest BCUT2D eigenvalue weighted by molar-refractivity contribution is 6.32. The molecule has 6 rings (SSSR count). The second-order valence-corrected chi connectivity index (χ2v) is 9.88. The lowest BCUT2D eigenvalue weighted by atomic mass is 9.91. The van der Waals surface area contributed by atoms with E-state index in [9.17, 15) is 4.79 Å². The van der Waals surface area contributed by atoms with Crippen LogP contribution in [0.1, 0.15) is 41.2 Å². The maximum absolute atomic E-state index is 13.4. The van der Waals surface area contributed by atoms with Gasteiger partial charge >= 0.3 is 0 Å². The Morgan fingerprint density at radius 1 is 1.24 bits per heavy atom. The lowest BCUT2D eigenvalue weighted by Gasteiger charge is -2.27. The summed E-state index contributed by atoms with van der Waals surface area (Å²) >= 11 is 6.41. The molecule has 0 spiro atoms. The number of amides is 1. The Balaban J connectivity index is 1.44. The fraction of sp³-hybridized carbons (Fsp3) is 0.407. The van der Waals surface area contributed by atoms with E-state index >= 15 is 0 Å². The van der Waals surface area contributed by atoms with Gasteiger partial charge in [0, 0.05) is 29.4 Å². The molecule has 3 atom stereocenters. The van der Waals surface area contributed by atoms with Crippen LogP contribution in [0.5, 0.6) is 11.5 Å². The molecule has 1 amide bonds. The van der Waals surface area contributed by atoms with E-state index in [0.717, 1.165) is 36.2 Å². The van der Waals surface area contributed by atoms with Crippen molar-refractivity contribution >= 4 is 28.9 Å². The largest absolute Gasteiger partial charge is 0.493 e. The molecule has 37 heavy (non-hydrogen) atoms. The maximum Gasteiger partial charge on any atom is 0.255 e. The summed E-state index contributed by atoms with van der Waals surface area (Å²) in [6, 6.07) is 7.50. The average Bonchev–Trinajstić information content (AvgIpc) is 3.53. The van der Waals surface area contributed by atoms with Crippen LogP contribution in [0.3, 0.4) is 0 Å². The van der Waals surface area contributed by atoms with E-state index in [-0.39, 0.29) is 24.0 Å². The van der Waals surface area contributed by atoms with E-state index in [1.165, 1.54) is 0 Å². The van der Waals surface area contributed by atoms with Crippen LogP contribution in [0.15, 0.2) is 36.7 Å². The highest BCUT2D eigenvalue weighted by Crippen LogP contribution is 2.48. The van der Waals surface area contributed by atoms with Gasteiger partial charge in [-0.2, -0.15) is 0 Å². The zero-order chi connectivity index (χ0) is 25.4. The minimum Gasteiger partial charge on any atom is -0.493 e. The van der Waals surface area contributed by atoms with Crippen molar-refractivity contribution in [3.05, 3.63) is 52.9 Å². The zero-order valence-corrected chi connectivity index (χ0v) is 21.3. The number of aromatic amines is 1. The molecule has 2 aliphatic heterocycles. The van der Waals surface area contributed by atoms with E-state index in [4.69, 9.17) is 30.5 Å². The molecule has 2 fully saturated rings. The molecule has 0 bridgehead atoms. The summed E-state index contributed by atoms with van der Waals surface area (Å²) < 4.78 is 23.0. The number of pyridine rings is 1. The number of ether oxygens (including phenoxy) is 4. The number of halogens is 1. The molecule has 3 aliphatic rings. The number of hydrogen-bond acceptors (Lipinski definition) is 7. The second-order valence-electron chi connectivity index (χ2n) is 9.48. The number of carbonyl (C=O) groups excluding carboxylic acids is 1. The van der Waals surface area contributed by atoms with Crippen LogP contribution in [0, 0.1) is 0 Å². The molecule has 3 N–H and O–H groups in total. The number of hydrogen-bond donors (Lipinski definition) is 3. The predicted molar refractivity (Wildman–Crippen MR) is 139 cm³/mol. The van der Waals surface area contributed by atoms with Gasteiger partial charge in [0.15, 0.2) is 5.75 Å². The Morgan fingerprint density at radius 2 is 2.16 bits per heavy atom. The Hall–Kier alpha value is -3.27. The number of aromatic nitrogens is 2. The first-order valence-electron chi connectivity index (χ1n) is 12.6. The monoisotopic (exact) mass is 524 g/mol. The summed E-state index contributed by atoms with van der Waals surface area (Å²) in [4.78, 5) is 21.3. The topological polar surface area (TPSA) is 107 Å². The number of rotatable bonds is 7. The molecule has 2 aromatic heterocycles. The van der Waals surface area contributed by atoms with Crippen molar-refractivity contribution in [3.63, 3.8) is 0 Å². The third-order valence-electron chi connectivity index (χ3n) is 7.25. The van der Waals surface area contributed by atoms with Crippen molar-refractivity contribution in [2.45, 2.75) is 37.3 Å². The molecule has 3 aromatic rings. The molecule has 9 nitrogen and oxygen atoms in total. The third kappa shape index (κ3) is 4.52. The van der Waals surface area contributed by atoms with Crippen molar-refractivity contribution in [2.24, 2.45) is 0 Å². The molecular formula is C27H29ClN4O5. The number of nitrogens with zero attached hydrogens (tertiary/aromatic N) is 1. The number of H-pyrrole nitrogens is 1. The number of carbonyl (C=O) groups is 1. The summed E-state index contributed by atoms with van der Waals surface area (Å²) in [5.41, 5.74) is 4.37. The van der Waals surface area contributed by atoms with Crippen molar-refractivity contribution < 1.29 is 23.7 Å². The third-order valence-corrected chi connectivity index (χ3v) is 7.55. The predicted octanol–water partition coefficient (Wildman–Crippen LogP) is 4.66. The molecule has 10 heteroatoms. The Kier molecular flexibility index (Phi) is 6.67. The Labute approximate surface area is 219 Å². The van der Waals surface area contributed by atoms with Crippen molar-refractivity contribution in [1.82, 2.24) is 15.3 Å². The van der Waals surface area contributed by atoms with Gasteiger partial charge in [0.25, 0.3) is 5.91 Å². The van der Waals surface area contributed by atoms with E-state index in [0.29, 0.717) is 59.9 Å². The SMILES string of the molecule is COc1c(Cl)cccc1Nc1c(-c2ccncc2OC[C@H]2COCCO2)[nH]c2c1C(=O)N[C@@H]1CCC[C@H]21. The first-order valence-corrected chi connectivity index (χ1v) is 12.9. The molecule has 0 unspecified atom stereocenters. The van der Waals surface area contributed by atoms with Crippen LogP contribution in [0.4, 0.5) is 11.4 Å². The Bertz CT molecular complexity index is 1310. The van der Waals surface area contributed by atoms with Gasteiger partial charge < -0.3 is 34.6 Å². The number of nitrogens with one attached hydrogen (secondary N) is 3. The van der Waals surface area contributed by atoms with Crippen molar-refractivity contribution in [1.29, 1.82) is 0 Å². The van der Waals surface area contributed by atoms with Crippen molar-refractivity contribution in [3.8, 4) is 22.8 Å². The van der Waals surface area contributed by atoms with Gasteiger partial charge in [-0.25, -0.2) is 0 Å². The lowest BCUT2D eigenvalue weighted by Crippen LogP contribution is -2.41. The molecule has 194 valence electrons. The second kappa shape index (κ2) is 10.2. The summed E-state index contributed by atoms with van der Waals surface area (Å²) in [6.07, 6.45) is 6.29. The Morgan fingerprint density at radius 3 is 3.00 bits per heavy atom. The number of fused-ring (bicyclic) bond motifs is 3. The highest BCUT2D eigenvalue weighted by Gasteiger charge is 2.41. The minimum atomic E-state index is -0.156. The van der Waals surface area contributed by atoms with Crippen LogP contribution in [0.25, 0.3) is 11.3 Å². The van der Waals surface area contributed by atoms with Crippen LogP contribution in [-0.4, -0.2) is 61.6 Å². The summed E-state index contributed by atoms with van der Waals surface area (Å²) in [5, 5.41) is 7.15. The van der Waals surface area contributed by atoms with Gasteiger partial charge in [0.1, 0.15) is 18.5 Å². The number of para-hydroxylation sites is 1. The smallest absolute Gasteiger partial charge is 0.255 e. The van der Waals surface area contributed by atoms with E-state index in [1.54, 1.807) is 25.6 Å². The van der Waals surface area contributed by atoms with Crippen LogP contribution < -0.4 is 20.1 Å². The summed E-state index contributed by atoms with van der Waals surface area (Å²) in [7, 11) is 1.57. The highest BCUT2D eigenvalue weighted by atomic mass is 35.5. The molecular weight excluding hydrogens is 496 g/mol. The van der Waals surface area contributed by atoms with Crippen molar-refractivity contribution in [2.75, 3.05) is 38.9 Å². The molecule has 1 aliphatic carbocycles. The number of methoxy groups -OCH3 is 1. The van der Waals surface area contributed by atoms with Gasteiger partial charge in [-0.3, -0.25) is 9.78 Å². The van der Waals surface area contributed by atoms with Gasteiger partial charge in [-0.05, 0) is 31.0 Å². The average molecular weight is 525 g/mol. The van der Waals surface area contributed by atoms with E-state index < -0.39 is 0 Å². The molecule has 1 saturated heterocycles. The quantitative estimate of drug-likeness (QED) is 0.413. The molecule has 1 saturated carbocycles. The van der Waals surface area contributed by atoms with Gasteiger partial charge in [-0.1, -0.05) is 24.1 Å². The standard InChI is InChI=1S/C27H29ClN4O5/c1-34-26-18(28)5-3-7-20(26)30-25-22-23(16-4-2-6-19(16)31-27(22)33)32-24(25)17-8-9-29-12-21(17)37-14-15-13-35-10-11-36-15/h3,5,7-9,12,15-16,19,30,32H,2,4,6,10-11,13-14H2,1H3,(H,31,33)/t15-,16+,19-/m1/s1. The number of benzene rings is 1. The lowest BCUT2D eigenvalue weighted by molar-refractivity contribution is -0.101. The number of anilines is 2. The van der Waals surface area contributed by atoms with Gasteiger partial charge in [0.05, 0.1) is 60.8 Å². The van der Waals surface area contributed by atoms with Gasteiger partial charge in [0.2, 0.25) is 0 Å². The molecule has 1 aromatic carbocycles. The van der Waals surface area contributed by atoms with E-state index in [2.05, 4.69) is 20.6 Å². The molecule has 4 heterocycles. The van der Waals surface area contributed by atoms with Gasteiger partial charge in [-0.15, -0.1) is 0 Å². The fourth-order valence-corrected chi connectivity index (χ4v) is 5.80. The first kappa shape index (κ1) is 24.1. The van der Waals surface area contributed by atoms with Crippen LogP contribution in [-0.2, 0) is 9.47 Å². The summed E-state index contributed by atoms with van der Waals surface area (Å²) in [5.74, 6) is 1.20. The molecule has 0 radical (unpaired) electrons. The first-order chi connectivity index (χ1) is 18.1.